The lowest BCUT2D eigenvalue weighted by atomic mass is 9.82. The Labute approximate surface area is 368 Å². The summed E-state index contributed by atoms with van der Waals surface area (Å²) in [5, 5.41) is 5.00. The highest BCUT2D eigenvalue weighted by Gasteiger charge is 2.35. The Bertz CT molecular complexity index is 3510. The Hall–Kier alpha value is -7.94. The second-order valence-corrected chi connectivity index (χ2v) is 17.4. The molecule has 0 saturated carbocycles. The first kappa shape index (κ1) is 36.9. The lowest BCUT2D eigenvalue weighted by Gasteiger charge is -2.28. The van der Waals surface area contributed by atoms with Crippen molar-refractivity contribution in [3.05, 3.63) is 242 Å². The van der Waals surface area contributed by atoms with E-state index in [0.29, 0.717) is 0 Å². The molecule has 0 saturated heterocycles. The van der Waals surface area contributed by atoms with Gasteiger partial charge in [-0.25, -0.2) is 0 Å². The van der Waals surface area contributed by atoms with Crippen molar-refractivity contribution < 1.29 is 0 Å². The number of nitrogens with zero attached hydrogens (tertiary/aromatic N) is 2. The van der Waals surface area contributed by atoms with Gasteiger partial charge in [0.15, 0.2) is 0 Å². The van der Waals surface area contributed by atoms with E-state index in [1.165, 1.54) is 93.9 Å². The van der Waals surface area contributed by atoms with Crippen molar-refractivity contribution in [2.24, 2.45) is 0 Å². The first-order valence-corrected chi connectivity index (χ1v) is 21.9. The summed E-state index contributed by atoms with van der Waals surface area (Å²) in [7, 11) is 0. The van der Waals surface area contributed by atoms with Crippen LogP contribution in [0.3, 0.4) is 0 Å². The molecule has 2 nitrogen and oxygen atoms in total. The molecule has 12 rings (SSSR count). The second kappa shape index (κ2) is 14.6. The zero-order chi connectivity index (χ0) is 42.1. The van der Waals surface area contributed by atoms with Crippen LogP contribution >= 0.6 is 0 Å². The summed E-state index contributed by atoms with van der Waals surface area (Å²) in [4.78, 5) is 2.41. The molecule has 1 aromatic heterocycles. The van der Waals surface area contributed by atoms with Crippen LogP contribution in [0.4, 0.5) is 17.1 Å². The van der Waals surface area contributed by atoms with Crippen molar-refractivity contribution in [1.29, 1.82) is 0 Å². The number of benzene rings is 10. The third-order valence-corrected chi connectivity index (χ3v) is 13.4. The number of para-hydroxylation sites is 1. The quantitative estimate of drug-likeness (QED) is 0.156. The van der Waals surface area contributed by atoms with Gasteiger partial charge >= 0.3 is 0 Å². The number of fused-ring (bicyclic) bond motifs is 7. The number of hydrogen-bond donors (Lipinski definition) is 0. The largest absolute Gasteiger partial charge is 0.310 e. The maximum absolute atomic E-state index is 2.43. The maximum atomic E-state index is 2.43. The van der Waals surface area contributed by atoms with Crippen molar-refractivity contribution in [1.82, 2.24) is 4.57 Å². The summed E-state index contributed by atoms with van der Waals surface area (Å²) < 4.78 is 2.43. The Morgan fingerprint density at radius 2 is 0.873 bits per heavy atom. The van der Waals surface area contributed by atoms with E-state index in [1.54, 1.807) is 0 Å². The third-order valence-electron chi connectivity index (χ3n) is 13.4. The van der Waals surface area contributed by atoms with E-state index in [0.717, 1.165) is 17.1 Å². The smallest absolute Gasteiger partial charge is 0.0541 e. The zero-order valence-electron chi connectivity index (χ0n) is 35.3. The molecule has 0 amide bonds. The fourth-order valence-corrected chi connectivity index (χ4v) is 10.2. The molecule has 0 atom stereocenters. The number of anilines is 3. The van der Waals surface area contributed by atoms with Crippen LogP contribution in [0.25, 0.3) is 82.8 Å². The standard InChI is InChI=1S/C61H44N2/c1-61(2)56-23-10-8-21-52(56)53-36-35-50(40-57(53)61)62(48-33-30-42(31-34-48)41-14-4-3-5-15-41)49-19-12-18-46(38-49)43-26-28-44(29-27-43)47-32-37-60-55(39-47)54-22-9-11-24-59(54)63(60)58-25-13-17-45-16-6-7-20-51(45)58/h3-40H,1-2H3. The van der Waals surface area contributed by atoms with Crippen molar-refractivity contribution in [2.75, 3.05) is 4.90 Å². The van der Waals surface area contributed by atoms with E-state index in [4.69, 9.17) is 0 Å². The minimum Gasteiger partial charge on any atom is -0.310 e. The molecule has 298 valence electrons. The molecule has 0 N–H and O–H groups in total. The molecule has 0 radical (unpaired) electrons. The average Bonchev–Trinajstić information content (AvgIpc) is 3.79. The summed E-state index contributed by atoms with van der Waals surface area (Å²) >= 11 is 0. The monoisotopic (exact) mass is 804 g/mol. The van der Waals surface area contributed by atoms with Gasteiger partial charge in [-0.05, 0) is 122 Å². The first-order chi connectivity index (χ1) is 31.0. The summed E-state index contributed by atoms with van der Waals surface area (Å²) in [6.45, 7) is 4.71. The van der Waals surface area contributed by atoms with Gasteiger partial charge in [0.1, 0.15) is 0 Å². The molecule has 0 fully saturated rings. The van der Waals surface area contributed by atoms with Crippen LogP contribution in [0, 0.1) is 0 Å². The topological polar surface area (TPSA) is 8.17 Å². The van der Waals surface area contributed by atoms with Crippen molar-refractivity contribution in [3.8, 4) is 50.2 Å². The molecule has 0 spiro atoms. The minimum absolute atomic E-state index is 0.104. The van der Waals surface area contributed by atoms with E-state index in [2.05, 4.69) is 254 Å². The number of rotatable bonds is 7. The van der Waals surface area contributed by atoms with Crippen molar-refractivity contribution in [3.63, 3.8) is 0 Å². The fourth-order valence-electron chi connectivity index (χ4n) is 10.2. The van der Waals surface area contributed by atoms with Gasteiger partial charge in [0, 0.05) is 38.6 Å². The Morgan fingerprint density at radius 3 is 1.70 bits per heavy atom. The molecule has 10 aromatic carbocycles. The van der Waals surface area contributed by atoms with Gasteiger partial charge in [0.2, 0.25) is 0 Å². The lowest BCUT2D eigenvalue weighted by molar-refractivity contribution is 0.660. The summed E-state index contributed by atoms with van der Waals surface area (Å²) in [6, 6.07) is 84.6. The van der Waals surface area contributed by atoms with Crippen LogP contribution in [0.1, 0.15) is 25.0 Å². The Morgan fingerprint density at radius 1 is 0.333 bits per heavy atom. The third kappa shape index (κ3) is 6.09. The number of aromatic nitrogens is 1. The normalized spacial score (nSPS) is 12.7. The highest BCUT2D eigenvalue weighted by molar-refractivity contribution is 6.11. The van der Waals surface area contributed by atoms with Gasteiger partial charge < -0.3 is 9.47 Å². The highest BCUT2D eigenvalue weighted by Crippen LogP contribution is 2.51. The molecule has 2 heteroatoms. The molecule has 11 aromatic rings. The van der Waals surface area contributed by atoms with E-state index in [1.807, 2.05) is 0 Å². The predicted molar refractivity (Wildman–Crippen MR) is 267 cm³/mol. The Balaban J connectivity index is 0.917. The van der Waals surface area contributed by atoms with Crippen LogP contribution in [-0.2, 0) is 5.41 Å². The molecular formula is C61H44N2. The molecular weight excluding hydrogens is 761 g/mol. The summed E-state index contributed by atoms with van der Waals surface area (Å²) in [5.74, 6) is 0. The fraction of sp³-hybridized carbons (Fsp3) is 0.0492. The van der Waals surface area contributed by atoms with Gasteiger partial charge in [0.05, 0.1) is 16.7 Å². The van der Waals surface area contributed by atoms with Crippen molar-refractivity contribution >= 4 is 49.6 Å². The van der Waals surface area contributed by atoms with Gasteiger partial charge in [-0.15, -0.1) is 0 Å². The average molecular weight is 805 g/mol. The van der Waals surface area contributed by atoms with Crippen molar-refractivity contribution in [2.45, 2.75) is 19.3 Å². The van der Waals surface area contributed by atoms with E-state index >= 15 is 0 Å². The molecule has 1 heterocycles. The van der Waals surface area contributed by atoms with Crippen LogP contribution in [0.2, 0.25) is 0 Å². The zero-order valence-corrected chi connectivity index (χ0v) is 35.3. The van der Waals surface area contributed by atoms with Crippen LogP contribution in [0.15, 0.2) is 231 Å². The molecule has 0 aliphatic heterocycles. The molecule has 1 aliphatic rings. The van der Waals surface area contributed by atoms with Gasteiger partial charge in [-0.3, -0.25) is 0 Å². The molecule has 0 unspecified atom stereocenters. The van der Waals surface area contributed by atoms with Gasteiger partial charge in [0.25, 0.3) is 0 Å². The number of hydrogen-bond acceptors (Lipinski definition) is 1. The van der Waals surface area contributed by atoms with Crippen LogP contribution in [-0.4, -0.2) is 4.57 Å². The van der Waals surface area contributed by atoms with E-state index in [-0.39, 0.29) is 5.41 Å². The van der Waals surface area contributed by atoms with Crippen LogP contribution in [0.5, 0.6) is 0 Å². The van der Waals surface area contributed by atoms with E-state index in [9.17, 15) is 0 Å². The molecule has 1 aliphatic carbocycles. The predicted octanol–water partition coefficient (Wildman–Crippen LogP) is 16.7. The Kier molecular flexibility index (Phi) is 8.55. The SMILES string of the molecule is CC1(C)c2ccccc2-c2ccc(N(c3ccc(-c4ccccc4)cc3)c3cccc(-c4ccc(-c5ccc6c(c5)c5ccccc5n6-c5cccc6ccccc56)cc4)c3)cc21. The summed E-state index contributed by atoms with van der Waals surface area (Å²) in [5.41, 5.74) is 19.5. The van der Waals surface area contributed by atoms with Crippen LogP contribution < -0.4 is 4.90 Å². The summed E-state index contributed by atoms with van der Waals surface area (Å²) in [6.07, 6.45) is 0. The highest BCUT2D eigenvalue weighted by atomic mass is 15.1. The molecule has 0 bridgehead atoms. The van der Waals surface area contributed by atoms with E-state index < -0.39 is 0 Å². The first-order valence-electron chi connectivity index (χ1n) is 21.9. The van der Waals surface area contributed by atoms with Gasteiger partial charge in [-0.2, -0.15) is 0 Å². The van der Waals surface area contributed by atoms with Gasteiger partial charge in [-0.1, -0.05) is 184 Å². The minimum atomic E-state index is -0.104. The molecule has 63 heavy (non-hydrogen) atoms. The second-order valence-electron chi connectivity index (χ2n) is 17.4. The lowest BCUT2D eigenvalue weighted by Crippen LogP contribution is -2.16. The maximum Gasteiger partial charge on any atom is 0.0541 e.